The van der Waals surface area contributed by atoms with Crippen molar-refractivity contribution in [2.45, 2.75) is 114 Å². The van der Waals surface area contributed by atoms with Crippen LogP contribution < -0.4 is 0 Å². The van der Waals surface area contributed by atoms with Crippen molar-refractivity contribution < 1.29 is 49.9 Å². The van der Waals surface area contributed by atoms with Gasteiger partial charge in [-0.1, -0.05) is 74.3 Å². The van der Waals surface area contributed by atoms with Crippen molar-refractivity contribution in [1.29, 1.82) is 0 Å². The Kier molecular flexibility index (Phi) is 16.0. The minimum absolute atomic E-state index is 0.00279. The molecule has 3 aromatic rings. The molecular formula is C49H62Cl2F6N4O5Si. The van der Waals surface area contributed by atoms with E-state index in [1.54, 1.807) is 35.0 Å². The van der Waals surface area contributed by atoms with Gasteiger partial charge in [-0.3, -0.25) is 14.4 Å². The molecule has 3 aromatic carbocycles. The highest BCUT2D eigenvalue weighted by atomic mass is 35.5. The highest BCUT2D eigenvalue weighted by Gasteiger charge is 2.52. The van der Waals surface area contributed by atoms with E-state index >= 15 is 0 Å². The number of halogens is 8. The maximum absolute atomic E-state index is 13.9. The van der Waals surface area contributed by atoms with Crippen LogP contribution in [0.3, 0.4) is 0 Å². The molecule has 9 nitrogen and oxygen atoms in total. The molecule has 0 radical (unpaired) electrons. The summed E-state index contributed by atoms with van der Waals surface area (Å²) in [7, 11) is -0.100. The maximum Gasteiger partial charge on any atom is 0.416 e. The number of benzene rings is 3. The van der Waals surface area contributed by atoms with E-state index in [1.165, 1.54) is 11.8 Å². The van der Waals surface area contributed by atoms with E-state index in [-0.39, 0.29) is 71.7 Å². The molecule has 6 rings (SSSR count). The standard InChI is InChI=1S/C49H62Cl2F6N4O5Si/c1-33(62)61(31-43(63)58(5)19-10-11-24-66-67(6,7)45(2,3)4)42-28-34-12-8-9-13-39(34)46(42)16-20-59(21-17-46)22-18-47(36-14-15-40(50)41(51)30-36)32-60(23-25-65-47)44(64)35-26-37(48(52,53)54)29-38(27-35)49(55,56)57/h8-9,12-15,26-27,29-30,42H,10-11,16-25,28,31-32H2,1-7H3/t42?,47-/m0/s1. The molecule has 0 aromatic heterocycles. The first kappa shape index (κ1) is 52.7. The molecule has 0 N–H and O–H groups in total. The average Bonchev–Trinajstić information content (AvgIpc) is 3.57. The SMILES string of the molecule is CC(=O)N(CC(=O)N(C)CCCCO[Si](C)(C)C(C)(C)C)C1Cc2ccccc2C12CCN(CC[C@@]1(c3ccc(Cl)c(Cl)c3)CN(C(=O)c3cc(C(F)(F)F)cc(C(F)(F)F)c3)CCO1)CC2. The second-order valence-corrected chi connectivity index (χ2v) is 25.5. The van der Waals surface area contributed by atoms with Crippen LogP contribution in [0.1, 0.15) is 98.0 Å². The molecule has 1 unspecified atom stereocenters. The lowest BCUT2D eigenvalue weighted by molar-refractivity contribution is -0.143. The predicted molar refractivity (Wildman–Crippen MR) is 250 cm³/mol. The van der Waals surface area contributed by atoms with Gasteiger partial charge in [0.05, 0.1) is 34.3 Å². The third-order valence-corrected chi connectivity index (χ3v) is 19.9. The van der Waals surface area contributed by atoms with Crippen LogP contribution >= 0.6 is 23.2 Å². The van der Waals surface area contributed by atoms with E-state index in [2.05, 4.69) is 50.9 Å². The zero-order valence-corrected chi connectivity index (χ0v) is 41.8. The highest BCUT2D eigenvalue weighted by molar-refractivity contribution is 6.74. The molecule has 0 saturated carbocycles. The summed E-state index contributed by atoms with van der Waals surface area (Å²) < 4.78 is 95.7. The molecule has 3 aliphatic rings. The summed E-state index contributed by atoms with van der Waals surface area (Å²) >= 11 is 12.8. The fourth-order valence-corrected chi connectivity index (χ4v) is 11.0. The highest BCUT2D eigenvalue weighted by Crippen LogP contribution is 2.49. The lowest BCUT2D eigenvalue weighted by Gasteiger charge is -2.48. The van der Waals surface area contributed by atoms with Gasteiger partial charge in [0.25, 0.3) is 5.91 Å². The number of amides is 3. The lowest BCUT2D eigenvalue weighted by atomic mass is 9.70. The zero-order valence-electron chi connectivity index (χ0n) is 39.3. The first-order chi connectivity index (χ1) is 31.2. The van der Waals surface area contributed by atoms with Gasteiger partial charge in [0.15, 0.2) is 8.32 Å². The Morgan fingerprint density at radius 1 is 0.881 bits per heavy atom. The molecule has 0 bridgehead atoms. The molecule has 2 fully saturated rings. The van der Waals surface area contributed by atoms with Gasteiger partial charge in [-0.2, -0.15) is 26.3 Å². The first-order valence-electron chi connectivity index (χ1n) is 22.8. The van der Waals surface area contributed by atoms with Crippen molar-refractivity contribution in [2.75, 3.05) is 66.1 Å². The Bertz CT molecular complexity index is 2250. The van der Waals surface area contributed by atoms with E-state index in [9.17, 15) is 40.7 Å². The number of likely N-dealkylation sites (tertiary alicyclic amines) is 1. The molecule has 2 aliphatic heterocycles. The number of piperidine rings is 1. The number of hydrogen-bond donors (Lipinski definition) is 0. The molecule has 2 atom stereocenters. The summed E-state index contributed by atoms with van der Waals surface area (Å²) in [5.41, 5.74) is -2.76. The fourth-order valence-electron chi connectivity index (χ4n) is 9.59. The van der Waals surface area contributed by atoms with Crippen molar-refractivity contribution >= 4 is 49.2 Å². The molecule has 67 heavy (non-hydrogen) atoms. The topological polar surface area (TPSA) is 82.6 Å². The van der Waals surface area contributed by atoms with Gasteiger partial charge in [-0.15, -0.1) is 0 Å². The van der Waals surface area contributed by atoms with Gasteiger partial charge in [-0.05, 0) is 117 Å². The third-order valence-electron chi connectivity index (χ3n) is 14.6. The van der Waals surface area contributed by atoms with Gasteiger partial charge in [0, 0.05) is 57.2 Å². The van der Waals surface area contributed by atoms with Crippen molar-refractivity contribution in [2.24, 2.45) is 0 Å². The van der Waals surface area contributed by atoms with Crippen molar-refractivity contribution in [3.63, 3.8) is 0 Å². The molecule has 18 heteroatoms. The van der Waals surface area contributed by atoms with Crippen LogP contribution in [0.25, 0.3) is 0 Å². The van der Waals surface area contributed by atoms with Crippen molar-refractivity contribution in [1.82, 2.24) is 19.6 Å². The average molecular weight is 1000 g/mol. The largest absolute Gasteiger partial charge is 0.417 e. The zero-order chi connectivity index (χ0) is 49.3. The van der Waals surface area contributed by atoms with Gasteiger partial charge >= 0.3 is 12.4 Å². The van der Waals surface area contributed by atoms with Crippen LogP contribution in [0.2, 0.25) is 28.2 Å². The van der Waals surface area contributed by atoms with E-state index in [4.69, 9.17) is 32.4 Å². The Hall–Kier alpha value is -3.67. The number of rotatable bonds is 14. The van der Waals surface area contributed by atoms with E-state index < -0.39 is 54.3 Å². The molecule has 2 heterocycles. The van der Waals surface area contributed by atoms with Crippen LogP contribution in [0.15, 0.2) is 60.7 Å². The number of fused-ring (bicyclic) bond motifs is 2. The first-order valence-corrected chi connectivity index (χ1v) is 26.5. The summed E-state index contributed by atoms with van der Waals surface area (Å²) in [6, 6.07) is 13.7. The second kappa shape index (κ2) is 20.3. The van der Waals surface area contributed by atoms with E-state index in [1.807, 2.05) is 12.1 Å². The monoisotopic (exact) mass is 998 g/mol. The van der Waals surface area contributed by atoms with Crippen molar-refractivity contribution in [3.05, 3.63) is 104 Å². The summed E-state index contributed by atoms with van der Waals surface area (Å²) in [4.78, 5) is 48.2. The molecule has 368 valence electrons. The minimum atomic E-state index is -5.13. The summed E-state index contributed by atoms with van der Waals surface area (Å²) in [5.74, 6) is -1.31. The number of ether oxygens (including phenoxy) is 1. The van der Waals surface area contributed by atoms with Crippen LogP contribution in [0, 0.1) is 0 Å². The molecule has 1 aliphatic carbocycles. The molecule has 1 spiro atoms. The smallest absolute Gasteiger partial charge is 0.416 e. The summed E-state index contributed by atoms with van der Waals surface area (Å²) in [6.45, 7) is 15.0. The number of carbonyl (C=O) groups is 3. The Morgan fingerprint density at radius 3 is 2.12 bits per heavy atom. The summed E-state index contributed by atoms with van der Waals surface area (Å²) in [6.07, 6.45) is -6.45. The number of likely N-dealkylation sites (N-methyl/N-ethyl adjacent to an activating group) is 1. The summed E-state index contributed by atoms with van der Waals surface area (Å²) in [5, 5.41) is 0.575. The van der Waals surface area contributed by atoms with Crippen LogP contribution in [0.5, 0.6) is 0 Å². The Morgan fingerprint density at radius 2 is 1.52 bits per heavy atom. The van der Waals surface area contributed by atoms with E-state index in [0.29, 0.717) is 69.7 Å². The lowest BCUT2D eigenvalue weighted by Crippen LogP contribution is -2.57. The van der Waals surface area contributed by atoms with Crippen LogP contribution in [-0.4, -0.2) is 118 Å². The van der Waals surface area contributed by atoms with E-state index in [0.717, 1.165) is 24.0 Å². The van der Waals surface area contributed by atoms with Crippen molar-refractivity contribution in [3.8, 4) is 0 Å². The number of unbranched alkanes of at least 4 members (excludes halogenated alkanes) is 1. The third kappa shape index (κ3) is 11.9. The fraction of sp³-hybridized carbons (Fsp3) is 0.571. The Balaban J connectivity index is 1.17. The number of morpholine rings is 1. The van der Waals surface area contributed by atoms with Gasteiger partial charge in [0.1, 0.15) is 12.1 Å². The number of hydrogen-bond acceptors (Lipinski definition) is 6. The molecule has 3 amide bonds. The predicted octanol–water partition coefficient (Wildman–Crippen LogP) is 10.9. The molecule has 2 saturated heterocycles. The van der Waals surface area contributed by atoms with Gasteiger partial charge < -0.3 is 28.8 Å². The quantitative estimate of drug-likeness (QED) is 0.0909. The number of carbonyl (C=O) groups excluding carboxylic acids is 3. The van der Waals surface area contributed by atoms with Crippen LogP contribution in [-0.2, 0) is 48.5 Å². The van der Waals surface area contributed by atoms with Crippen LogP contribution in [0.4, 0.5) is 26.3 Å². The molecular weight excluding hydrogens is 938 g/mol. The minimum Gasteiger partial charge on any atom is -0.417 e. The van der Waals surface area contributed by atoms with Gasteiger partial charge in [-0.25, -0.2) is 0 Å². The number of alkyl halides is 6. The number of nitrogens with zero attached hydrogens (tertiary/aromatic N) is 4. The normalized spacial score (nSPS) is 20.2. The van der Waals surface area contributed by atoms with Gasteiger partial charge in [0.2, 0.25) is 11.8 Å². The Labute approximate surface area is 401 Å². The second-order valence-electron chi connectivity index (χ2n) is 19.9. The maximum atomic E-state index is 13.9.